The van der Waals surface area contributed by atoms with Gasteiger partial charge in [-0.3, -0.25) is 4.79 Å². The van der Waals surface area contributed by atoms with Crippen molar-refractivity contribution in [3.8, 4) is 0 Å². The number of anilines is 1. The van der Waals surface area contributed by atoms with Crippen LogP contribution in [0.2, 0.25) is 0 Å². The van der Waals surface area contributed by atoms with E-state index < -0.39 is 5.41 Å². The minimum absolute atomic E-state index is 0.100. The second kappa shape index (κ2) is 5.31. The molecule has 0 saturated carbocycles. The maximum atomic E-state index is 12.0. The quantitative estimate of drug-likeness (QED) is 0.853. The zero-order valence-corrected chi connectivity index (χ0v) is 12.4. The van der Waals surface area contributed by atoms with E-state index in [0.29, 0.717) is 18.1 Å². The van der Waals surface area contributed by atoms with E-state index in [1.54, 1.807) is 6.07 Å². The van der Waals surface area contributed by atoms with Gasteiger partial charge in [0, 0.05) is 22.8 Å². The van der Waals surface area contributed by atoms with E-state index in [0.717, 1.165) is 5.76 Å². The van der Waals surface area contributed by atoms with Gasteiger partial charge >= 0.3 is 0 Å². The molecule has 1 N–H and O–H groups in total. The molecule has 1 amide bonds. The zero-order valence-electron chi connectivity index (χ0n) is 11.6. The van der Waals surface area contributed by atoms with Gasteiger partial charge in [-0.2, -0.15) is 0 Å². The Morgan fingerprint density at radius 2 is 2.00 bits per heavy atom. The van der Waals surface area contributed by atoms with Crippen LogP contribution in [0.1, 0.15) is 46.8 Å². The zero-order chi connectivity index (χ0) is 14.0. The summed E-state index contributed by atoms with van der Waals surface area (Å²) in [6, 6.07) is 1.76. The fourth-order valence-corrected chi connectivity index (χ4v) is 1.80. The molecule has 0 bridgehead atoms. The van der Waals surface area contributed by atoms with Crippen molar-refractivity contribution < 1.29 is 9.32 Å². The van der Waals surface area contributed by atoms with Crippen LogP contribution in [0, 0.1) is 5.41 Å². The Kier molecular flexibility index (Phi) is 4.43. The van der Waals surface area contributed by atoms with E-state index in [-0.39, 0.29) is 11.3 Å². The molecular formula is C13H21ClN2O2. The lowest BCUT2D eigenvalue weighted by atomic mass is 9.89. The van der Waals surface area contributed by atoms with Crippen LogP contribution in [0.25, 0.3) is 0 Å². The van der Waals surface area contributed by atoms with Crippen molar-refractivity contribution in [2.24, 2.45) is 5.41 Å². The smallest absolute Gasteiger partial charge is 0.231 e. The summed E-state index contributed by atoms with van der Waals surface area (Å²) in [6.07, 6.45) is 0.615. The first kappa shape index (κ1) is 15.0. The molecule has 0 radical (unpaired) electrons. The first-order valence-electron chi connectivity index (χ1n) is 6.01. The summed E-state index contributed by atoms with van der Waals surface area (Å²) in [5, 5.41) is 6.61. The van der Waals surface area contributed by atoms with Gasteiger partial charge in [0.1, 0.15) is 5.76 Å². The molecule has 0 aliphatic heterocycles. The maximum Gasteiger partial charge on any atom is 0.231 e. The number of hydrogen-bond donors (Lipinski definition) is 1. The van der Waals surface area contributed by atoms with Gasteiger partial charge in [0.15, 0.2) is 5.82 Å². The fraction of sp³-hybridized carbons (Fsp3) is 0.692. The Balaban J connectivity index is 2.74. The Hall–Kier alpha value is -1.03. The molecule has 18 heavy (non-hydrogen) atoms. The van der Waals surface area contributed by atoms with Crippen LogP contribution in [-0.4, -0.2) is 16.9 Å². The summed E-state index contributed by atoms with van der Waals surface area (Å²) in [5.41, 5.74) is -0.635. The highest BCUT2D eigenvalue weighted by Crippen LogP contribution is 2.26. The molecule has 0 aromatic carbocycles. The second-order valence-electron chi connectivity index (χ2n) is 6.10. The van der Waals surface area contributed by atoms with Gasteiger partial charge in [0.2, 0.25) is 5.91 Å². The van der Waals surface area contributed by atoms with Crippen molar-refractivity contribution in [3.63, 3.8) is 0 Å². The highest BCUT2D eigenvalue weighted by molar-refractivity contribution is 6.18. The average molecular weight is 273 g/mol. The van der Waals surface area contributed by atoms with Crippen molar-refractivity contribution in [2.45, 2.75) is 46.5 Å². The molecule has 0 saturated heterocycles. The Labute approximate surface area is 113 Å². The minimum atomic E-state index is -0.511. The highest BCUT2D eigenvalue weighted by Gasteiger charge is 2.28. The Bertz CT molecular complexity index is 419. The number of alkyl halides is 1. The van der Waals surface area contributed by atoms with Crippen molar-refractivity contribution >= 4 is 23.3 Å². The SMILES string of the molecule is CC(C)(CCCl)C(=O)Nc1cc(C(C)(C)C)on1. The normalized spacial score (nSPS) is 12.6. The van der Waals surface area contributed by atoms with Gasteiger partial charge in [0.05, 0.1) is 0 Å². The molecule has 5 heteroatoms. The van der Waals surface area contributed by atoms with E-state index in [9.17, 15) is 4.79 Å². The Morgan fingerprint density at radius 1 is 1.39 bits per heavy atom. The molecule has 0 aliphatic carbocycles. The lowest BCUT2D eigenvalue weighted by molar-refractivity contribution is -0.124. The van der Waals surface area contributed by atoms with Gasteiger partial charge < -0.3 is 9.84 Å². The van der Waals surface area contributed by atoms with E-state index in [2.05, 4.69) is 10.5 Å². The van der Waals surface area contributed by atoms with Gasteiger partial charge in [-0.1, -0.05) is 39.8 Å². The van der Waals surface area contributed by atoms with Crippen LogP contribution < -0.4 is 5.32 Å². The van der Waals surface area contributed by atoms with Gasteiger partial charge in [-0.15, -0.1) is 11.6 Å². The van der Waals surface area contributed by atoms with E-state index in [4.69, 9.17) is 16.1 Å². The first-order valence-corrected chi connectivity index (χ1v) is 6.55. The number of hydrogen-bond acceptors (Lipinski definition) is 3. The summed E-state index contributed by atoms with van der Waals surface area (Å²) < 4.78 is 5.21. The number of carbonyl (C=O) groups excluding carboxylic acids is 1. The van der Waals surface area contributed by atoms with Crippen LogP contribution in [-0.2, 0) is 10.2 Å². The molecule has 1 aromatic rings. The molecular weight excluding hydrogens is 252 g/mol. The van der Waals surface area contributed by atoms with Crippen molar-refractivity contribution in [1.82, 2.24) is 5.16 Å². The molecule has 0 unspecified atom stereocenters. The molecule has 0 spiro atoms. The Morgan fingerprint density at radius 3 is 2.44 bits per heavy atom. The lowest BCUT2D eigenvalue weighted by Gasteiger charge is -2.21. The van der Waals surface area contributed by atoms with E-state index in [1.165, 1.54) is 0 Å². The van der Waals surface area contributed by atoms with E-state index in [1.807, 2.05) is 34.6 Å². The first-order chi connectivity index (χ1) is 8.16. The monoisotopic (exact) mass is 272 g/mol. The summed E-state index contributed by atoms with van der Waals surface area (Å²) in [7, 11) is 0. The standard InChI is InChI=1S/C13H21ClN2O2/c1-12(2,3)9-8-10(16-18-9)15-11(17)13(4,5)6-7-14/h8H,6-7H2,1-5H3,(H,15,16,17). The highest BCUT2D eigenvalue weighted by atomic mass is 35.5. The number of rotatable bonds is 4. The summed E-state index contributed by atoms with van der Waals surface area (Å²) in [5.74, 6) is 1.55. The van der Waals surface area contributed by atoms with Gasteiger partial charge in [-0.05, 0) is 6.42 Å². The third-order valence-electron chi connectivity index (χ3n) is 2.83. The molecule has 1 heterocycles. The van der Waals surface area contributed by atoms with Crippen molar-refractivity contribution in [1.29, 1.82) is 0 Å². The molecule has 0 atom stereocenters. The molecule has 4 nitrogen and oxygen atoms in total. The van der Waals surface area contributed by atoms with Crippen molar-refractivity contribution in [2.75, 3.05) is 11.2 Å². The number of aromatic nitrogens is 1. The average Bonchev–Trinajstić information content (AvgIpc) is 2.65. The predicted octanol–water partition coefficient (Wildman–Crippen LogP) is 3.57. The van der Waals surface area contributed by atoms with Crippen LogP contribution in [0.15, 0.2) is 10.6 Å². The molecule has 0 fully saturated rings. The van der Waals surface area contributed by atoms with Gasteiger partial charge in [-0.25, -0.2) is 0 Å². The largest absolute Gasteiger partial charge is 0.359 e. The molecule has 0 aliphatic rings. The topological polar surface area (TPSA) is 55.1 Å². The van der Waals surface area contributed by atoms with Crippen LogP contribution in [0.4, 0.5) is 5.82 Å². The number of halogens is 1. The lowest BCUT2D eigenvalue weighted by Crippen LogP contribution is -2.31. The summed E-state index contributed by atoms with van der Waals surface area (Å²) >= 11 is 5.68. The summed E-state index contributed by atoms with van der Waals surface area (Å²) in [4.78, 5) is 12.0. The molecule has 1 rings (SSSR count). The van der Waals surface area contributed by atoms with Crippen LogP contribution in [0.3, 0.4) is 0 Å². The number of nitrogens with one attached hydrogen (secondary N) is 1. The van der Waals surface area contributed by atoms with Crippen LogP contribution in [0.5, 0.6) is 0 Å². The second-order valence-corrected chi connectivity index (χ2v) is 6.48. The predicted molar refractivity (Wildman–Crippen MR) is 73.0 cm³/mol. The maximum absolute atomic E-state index is 12.0. The summed E-state index contributed by atoms with van der Waals surface area (Å²) in [6.45, 7) is 9.79. The van der Waals surface area contributed by atoms with E-state index >= 15 is 0 Å². The van der Waals surface area contributed by atoms with Gasteiger partial charge in [0.25, 0.3) is 0 Å². The third-order valence-corrected chi connectivity index (χ3v) is 3.01. The molecule has 1 aromatic heterocycles. The van der Waals surface area contributed by atoms with Crippen LogP contribution >= 0.6 is 11.6 Å². The van der Waals surface area contributed by atoms with Crippen molar-refractivity contribution in [3.05, 3.63) is 11.8 Å². The number of nitrogens with zero attached hydrogens (tertiary/aromatic N) is 1. The minimum Gasteiger partial charge on any atom is -0.359 e. The number of amides is 1. The fourth-order valence-electron chi connectivity index (χ4n) is 1.32. The molecule has 102 valence electrons. The number of carbonyl (C=O) groups is 1. The third kappa shape index (κ3) is 3.73.